The van der Waals surface area contributed by atoms with Crippen molar-refractivity contribution in [3.05, 3.63) is 40.9 Å². The van der Waals surface area contributed by atoms with Gasteiger partial charge in [0.2, 0.25) is 0 Å². The van der Waals surface area contributed by atoms with Gasteiger partial charge in [0.15, 0.2) is 5.25 Å². The molecule has 1 unspecified atom stereocenters. The van der Waals surface area contributed by atoms with Gasteiger partial charge in [-0.15, -0.1) is 0 Å². The van der Waals surface area contributed by atoms with Gasteiger partial charge in [-0.25, -0.2) is 16.8 Å². The Balaban J connectivity index is 0.00000220. The van der Waals surface area contributed by atoms with Crippen LogP contribution in [0.4, 0.5) is 0 Å². The van der Waals surface area contributed by atoms with Gasteiger partial charge < -0.3 is 14.6 Å². The van der Waals surface area contributed by atoms with Gasteiger partial charge in [-0.2, -0.15) is 4.79 Å². The molecule has 0 saturated carbocycles. The van der Waals surface area contributed by atoms with Crippen molar-refractivity contribution in [2.45, 2.75) is 10.1 Å². The van der Waals surface area contributed by atoms with Crippen molar-refractivity contribution in [1.82, 2.24) is 0 Å². The second-order valence-corrected chi connectivity index (χ2v) is 6.75. The number of nitrogens with zero attached hydrogens (tertiary/aromatic N) is 2. The quantitative estimate of drug-likeness (QED) is 0.222. The largest absolute Gasteiger partial charge is 1.00 e. The Hall–Kier alpha value is 0.160. The van der Waals surface area contributed by atoms with Crippen LogP contribution in [0.25, 0.3) is 11.6 Å². The molecule has 1 aliphatic rings. The van der Waals surface area contributed by atoms with E-state index in [4.69, 9.17) is 5.53 Å². The van der Waals surface area contributed by atoms with Gasteiger partial charge in [0, 0.05) is 6.08 Å². The summed E-state index contributed by atoms with van der Waals surface area (Å²) >= 11 is 0. The van der Waals surface area contributed by atoms with Crippen molar-refractivity contribution < 1.29 is 89.8 Å². The van der Waals surface area contributed by atoms with Gasteiger partial charge in [0.1, 0.15) is 20.2 Å². The predicted molar refractivity (Wildman–Crippen MR) is 64.5 cm³/mol. The number of allylic oxidation sites excluding steroid dienone is 1. The Kier molecular flexibility index (Phi) is 7.88. The maximum Gasteiger partial charge on any atom is 1.00 e. The van der Waals surface area contributed by atoms with Crippen molar-refractivity contribution in [2.75, 3.05) is 0 Å². The van der Waals surface area contributed by atoms with Crippen LogP contribution in [0.15, 0.2) is 29.2 Å². The molecule has 2 rings (SSSR count). The van der Waals surface area contributed by atoms with Gasteiger partial charge in [-0.1, -0.05) is 12.1 Å². The zero-order valence-electron chi connectivity index (χ0n) is 11.6. The minimum atomic E-state index is -4.95. The summed E-state index contributed by atoms with van der Waals surface area (Å²) in [7, 11) is -9.79. The molecule has 0 spiro atoms. The number of rotatable bonds is 2. The Morgan fingerprint density at radius 1 is 1.05 bits per heavy atom. The van der Waals surface area contributed by atoms with E-state index in [1.165, 1.54) is 6.07 Å². The van der Waals surface area contributed by atoms with Crippen LogP contribution in [0, 0.1) is 0 Å². The monoisotopic (exact) mass is 360 g/mol. The molecule has 0 fully saturated rings. The summed E-state index contributed by atoms with van der Waals surface area (Å²) in [6, 6.07) is 3.32. The summed E-state index contributed by atoms with van der Waals surface area (Å²) < 4.78 is 67.2. The van der Waals surface area contributed by atoms with Crippen LogP contribution in [0.5, 0.6) is 0 Å². The third-order valence-corrected chi connectivity index (χ3v) is 4.71. The Bertz CT molecular complexity index is 873. The smallest absolute Gasteiger partial charge is 0.747 e. The van der Waals surface area contributed by atoms with Gasteiger partial charge in [-0.05, 0) is 23.3 Å². The van der Waals surface area contributed by atoms with Crippen LogP contribution in [-0.4, -0.2) is 36.4 Å². The van der Waals surface area contributed by atoms with Gasteiger partial charge >= 0.3 is 64.8 Å². The standard InChI is InChI=1S/C10H8N2O6S2.2Na/c11-12-8-5-4-6-7(10(8)20(16,17)18)2-1-3-9(6)19(13,14)15;;/h1-5,10H,(H,13,14,15)(H,16,17,18);;/q;2*+1/p-2. The van der Waals surface area contributed by atoms with E-state index in [2.05, 4.69) is 4.79 Å². The molecule has 1 aliphatic carbocycles. The number of benzene rings is 1. The normalized spacial score (nSPS) is 16.8. The molecule has 1 aromatic carbocycles. The Morgan fingerprint density at radius 2 is 1.64 bits per heavy atom. The average molecular weight is 360 g/mol. The first-order valence-corrected chi connectivity index (χ1v) is 7.98. The molecule has 0 aliphatic heterocycles. The van der Waals surface area contributed by atoms with Gasteiger partial charge in [0.25, 0.3) is 0 Å². The molecule has 1 aromatic rings. The second kappa shape index (κ2) is 7.82. The van der Waals surface area contributed by atoms with Crippen LogP contribution >= 0.6 is 0 Å². The van der Waals surface area contributed by atoms with Crippen molar-refractivity contribution in [2.24, 2.45) is 0 Å². The fraction of sp³-hybridized carbons (Fsp3) is 0.100. The van der Waals surface area contributed by atoms with E-state index in [-0.39, 0.29) is 70.2 Å². The van der Waals surface area contributed by atoms with E-state index in [9.17, 15) is 25.9 Å². The second-order valence-electron chi connectivity index (χ2n) is 3.94. The molecule has 0 aromatic heterocycles. The van der Waals surface area contributed by atoms with Crippen LogP contribution in [0.1, 0.15) is 16.4 Å². The zero-order chi connectivity index (χ0) is 15.1. The number of hydrogen-bond donors (Lipinski definition) is 0. The molecule has 0 bridgehead atoms. The average Bonchev–Trinajstić information content (AvgIpc) is 2.34. The SMILES string of the molecule is [N-]=[N+]=C1C=Cc2c(cccc2S(=O)(=O)[O-])C1S(=O)(=O)[O-].[Na+].[Na+]. The van der Waals surface area contributed by atoms with Crippen LogP contribution < -0.4 is 59.1 Å². The summed E-state index contributed by atoms with van der Waals surface area (Å²) in [4.78, 5) is 2.07. The molecule has 0 N–H and O–H groups in total. The van der Waals surface area contributed by atoms with Gasteiger partial charge in [-0.3, -0.25) is 0 Å². The molecule has 106 valence electrons. The van der Waals surface area contributed by atoms with Crippen molar-refractivity contribution in [1.29, 1.82) is 0 Å². The zero-order valence-corrected chi connectivity index (χ0v) is 17.3. The first-order chi connectivity index (χ1) is 9.16. The fourth-order valence-corrected chi connectivity index (χ4v) is 3.63. The number of fused-ring (bicyclic) bond motifs is 1. The van der Waals surface area contributed by atoms with E-state index in [1.54, 1.807) is 0 Å². The fourth-order valence-electron chi connectivity index (χ4n) is 1.99. The number of hydrogen-bond acceptors (Lipinski definition) is 6. The summed E-state index contributed by atoms with van der Waals surface area (Å²) in [5.74, 6) is 0. The predicted octanol–water partition coefficient (Wildman–Crippen LogP) is -6.12. The van der Waals surface area contributed by atoms with Crippen LogP contribution in [0.2, 0.25) is 0 Å². The summed E-state index contributed by atoms with van der Waals surface area (Å²) in [6.07, 6.45) is 2.08. The van der Waals surface area contributed by atoms with Gasteiger partial charge in [0.05, 0.1) is 4.90 Å². The topological polar surface area (TPSA) is 151 Å². The minimum absolute atomic E-state index is 0. The van der Waals surface area contributed by atoms with E-state index in [0.717, 1.165) is 24.3 Å². The van der Waals surface area contributed by atoms with E-state index < -0.39 is 36.1 Å². The molecular formula is C10H6N2Na2O6S2. The molecule has 1 atom stereocenters. The van der Waals surface area contributed by atoms with E-state index in [0.29, 0.717) is 0 Å². The molecule has 12 heteroatoms. The Labute approximate surface area is 171 Å². The first kappa shape index (κ1) is 22.2. The maximum atomic E-state index is 11.3. The third kappa shape index (κ3) is 4.37. The molecule has 0 saturated heterocycles. The minimum Gasteiger partial charge on any atom is -0.747 e. The third-order valence-electron chi connectivity index (χ3n) is 2.75. The van der Waals surface area contributed by atoms with Crippen molar-refractivity contribution in [3.8, 4) is 0 Å². The van der Waals surface area contributed by atoms with Crippen LogP contribution in [-0.2, 0) is 20.2 Å². The van der Waals surface area contributed by atoms with Crippen molar-refractivity contribution in [3.63, 3.8) is 0 Å². The molecule has 8 nitrogen and oxygen atoms in total. The molecule has 22 heavy (non-hydrogen) atoms. The van der Waals surface area contributed by atoms with E-state index >= 15 is 0 Å². The van der Waals surface area contributed by atoms with Crippen molar-refractivity contribution >= 4 is 32.0 Å². The van der Waals surface area contributed by atoms with Crippen LogP contribution in [0.3, 0.4) is 0 Å². The Morgan fingerprint density at radius 3 is 2.09 bits per heavy atom. The molecule has 0 amide bonds. The first-order valence-electron chi connectivity index (χ1n) is 5.10. The van der Waals surface area contributed by atoms with E-state index in [1.807, 2.05) is 0 Å². The summed E-state index contributed by atoms with van der Waals surface area (Å²) in [5, 5.41) is -1.87. The maximum absolute atomic E-state index is 11.3. The summed E-state index contributed by atoms with van der Waals surface area (Å²) in [5.41, 5.74) is 7.87. The summed E-state index contributed by atoms with van der Waals surface area (Å²) in [6.45, 7) is 0. The molecule has 0 heterocycles. The molecular weight excluding hydrogens is 354 g/mol. The molecule has 0 radical (unpaired) electrons.